The maximum absolute atomic E-state index is 10.6. The van der Waals surface area contributed by atoms with Crippen molar-refractivity contribution in [1.82, 2.24) is 0 Å². The van der Waals surface area contributed by atoms with Crippen LogP contribution in [0.15, 0.2) is 25.3 Å². The predicted molar refractivity (Wildman–Crippen MR) is 178 cm³/mol. The average Bonchev–Trinajstić information content (AvgIpc) is 2.92. The molecule has 0 atom stereocenters. The van der Waals surface area contributed by atoms with Crippen LogP contribution in [-0.4, -0.2) is 120 Å². The molecular formula is C33H68O11. The molecule has 0 bridgehead atoms. The first-order valence-electron chi connectivity index (χ1n) is 13.4. The highest BCUT2D eigenvalue weighted by atomic mass is 16.5. The van der Waals surface area contributed by atoms with Gasteiger partial charge < -0.3 is 42.7 Å². The fourth-order valence-corrected chi connectivity index (χ4v) is 3.71. The minimum atomic E-state index is -0.383. The number of rotatable bonds is 24. The van der Waals surface area contributed by atoms with E-state index in [4.69, 9.17) is 37.9 Å². The lowest BCUT2D eigenvalue weighted by Crippen LogP contribution is -2.45. The van der Waals surface area contributed by atoms with Gasteiger partial charge in [-0.3, -0.25) is 4.79 Å². The number of esters is 1. The molecule has 0 saturated heterocycles. The molecule has 0 radical (unpaired) electrons. The molecule has 0 fully saturated rings. The number of Topliss-reactive ketones (excluding diaryl/α,β-unsaturated/α-hetero) is 1. The summed E-state index contributed by atoms with van der Waals surface area (Å²) in [5, 5.41) is 0. The van der Waals surface area contributed by atoms with Crippen molar-refractivity contribution < 1.29 is 52.3 Å². The van der Waals surface area contributed by atoms with Gasteiger partial charge in [-0.05, 0) is 39.2 Å². The third kappa shape index (κ3) is 32.9. The van der Waals surface area contributed by atoms with Crippen LogP contribution >= 0.6 is 0 Å². The van der Waals surface area contributed by atoms with Gasteiger partial charge in [0.25, 0.3) is 0 Å². The van der Waals surface area contributed by atoms with Gasteiger partial charge in [0.15, 0.2) is 5.78 Å². The van der Waals surface area contributed by atoms with Crippen molar-refractivity contribution in [2.45, 2.75) is 61.8 Å². The number of hydrogen-bond acceptors (Lipinski definition) is 11. The van der Waals surface area contributed by atoms with Gasteiger partial charge in [-0.1, -0.05) is 35.4 Å². The first-order valence-corrected chi connectivity index (χ1v) is 13.4. The Morgan fingerprint density at radius 3 is 1.16 bits per heavy atom. The maximum atomic E-state index is 10.6. The molecule has 0 aromatic heterocycles. The Bertz CT molecular complexity index is 621. The van der Waals surface area contributed by atoms with Crippen molar-refractivity contribution in [3.05, 3.63) is 25.3 Å². The Kier molecular flexibility index (Phi) is 46.1. The van der Waals surface area contributed by atoms with Crippen molar-refractivity contribution in [3.63, 3.8) is 0 Å². The second-order valence-corrected chi connectivity index (χ2v) is 9.79. The average molecular weight is 641 g/mol. The Balaban J connectivity index is -0.000000146. The molecule has 0 aliphatic heterocycles. The Morgan fingerprint density at radius 1 is 0.568 bits per heavy atom. The number of carbonyl (C=O) groups is 3. The van der Waals surface area contributed by atoms with Gasteiger partial charge in [-0.2, -0.15) is 0 Å². The molecule has 11 nitrogen and oxygen atoms in total. The van der Waals surface area contributed by atoms with Crippen LogP contribution in [0.2, 0.25) is 0 Å². The van der Waals surface area contributed by atoms with E-state index in [1.165, 1.54) is 13.0 Å². The van der Waals surface area contributed by atoms with Gasteiger partial charge in [0.1, 0.15) is 5.78 Å². The summed E-state index contributed by atoms with van der Waals surface area (Å²) in [4.78, 5) is 30.8. The van der Waals surface area contributed by atoms with Crippen molar-refractivity contribution in [2.75, 3.05) is 102 Å². The molecule has 0 aromatic carbocycles. The monoisotopic (exact) mass is 640 g/mol. The number of unbranched alkanes of at least 4 members (excludes halogenated alkanes) is 2. The highest BCUT2D eigenvalue weighted by Gasteiger charge is 2.35. The van der Waals surface area contributed by atoms with Crippen LogP contribution < -0.4 is 0 Å². The van der Waals surface area contributed by atoms with E-state index < -0.39 is 0 Å². The van der Waals surface area contributed by atoms with E-state index in [2.05, 4.69) is 13.2 Å². The molecule has 44 heavy (non-hydrogen) atoms. The van der Waals surface area contributed by atoms with Gasteiger partial charge >= 0.3 is 5.97 Å². The molecule has 0 N–H and O–H groups in total. The topological polar surface area (TPSA) is 125 Å². The number of carbonyl (C=O) groups excluding carboxylic acids is 3. The molecular weight excluding hydrogens is 572 g/mol. The summed E-state index contributed by atoms with van der Waals surface area (Å²) in [6.45, 7) is 13.8. The van der Waals surface area contributed by atoms with Crippen molar-refractivity contribution in [3.8, 4) is 0 Å². The van der Waals surface area contributed by atoms with E-state index >= 15 is 0 Å². The molecule has 0 aromatic rings. The molecule has 0 spiro atoms. The van der Waals surface area contributed by atoms with E-state index in [9.17, 15) is 14.4 Å². The zero-order chi connectivity index (χ0) is 32.0. The van der Waals surface area contributed by atoms with E-state index in [0.717, 1.165) is 25.3 Å². The molecule has 0 heterocycles. The zero-order valence-electron chi connectivity index (χ0n) is 26.8. The van der Waals surface area contributed by atoms with Gasteiger partial charge in [-0.25, -0.2) is 4.79 Å². The van der Waals surface area contributed by atoms with Crippen LogP contribution in [0.4, 0.5) is 0 Å². The van der Waals surface area contributed by atoms with Crippen LogP contribution in [0.5, 0.6) is 0 Å². The van der Waals surface area contributed by atoms with Gasteiger partial charge in [0, 0.05) is 55.2 Å². The van der Waals surface area contributed by atoms with Gasteiger partial charge in [-0.15, -0.1) is 0 Å². The van der Waals surface area contributed by atoms with Crippen molar-refractivity contribution in [1.29, 1.82) is 0 Å². The fourth-order valence-electron chi connectivity index (χ4n) is 3.71. The second-order valence-electron chi connectivity index (χ2n) is 9.79. The summed E-state index contributed by atoms with van der Waals surface area (Å²) in [6.07, 6.45) is 5.66. The molecule has 0 rings (SSSR count). The zero-order valence-corrected chi connectivity index (χ0v) is 26.8. The fraction of sp³-hybridized carbons (Fsp3) is 0.788. The number of hydrogen-bond donors (Lipinski definition) is 0. The Labute approximate surface area is 269 Å². The van der Waals surface area contributed by atoms with Crippen molar-refractivity contribution >= 4 is 17.5 Å². The van der Waals surface area contributed by atoms with Crippen molar-refractivity contribution in [2.24, 2.45) is 10.8 Å². The van der Waals surface area contributed by atoms with E-state index in [0.29, 0.717) is 65.9 Å². The van der Waals surface area contributed by atoms with Crippen LogP contribution in [-0.2, 0) is 52.3 Å². The Hall–Kier alpha value is -1.99. The summed E-state index contributed by atoms with van der Waals surface area (Å²) < 4.78 is 42.7. The summed E-state index contributed by atoms with van der Waals surface area (Å²) >= 11 is 0. The summed E-state index contributed by atoms with van der Waals surface area (Å²) in [6, 6.07) is 0. The largest absolute Gasteiger partial charge is 0.463 e. The number of ether oxygens (including phenoxy) is 8. The minimum absolute atomic E-state index is 0. The lowest BCUT2D eigenvalue weighted by Gasteiger charge is -2.35. The predicted octanol–water partition coefficient (Wildman–Crippen LogP) is 5.39. The Morgan fingerprint density at radius 2 is 0.909 bits per heavy atom. The molecule has 266 valence electrons. The third-order valence-corrected chi connectivity index (χ3v) is 5.39. The molecule has 0 amide bonds. The first kappa shape index (κ1) is 54.5. The standard InChI is InChI=1S/C16H34O7.C10H16O3.C4H6O.3CH4/c1-17-7-15(8-18-2,9-19-3)13-23-14-16(10-20-4,11-21-5)12-22-6;1-3-10(12)13-8-6-4-5-7-9(2)11;1-3-4(2)5;;;/h7-14H2,1-6H3;3H,1,4-8H2,2H3;3H,1H2,2H3;3*1H4. The summed E-state index contributed by atoms with van der Waals surface area (Å²) in [7, 11) is 9.95. The van der Waals surface area contributed by atoms with Gasteiger partial charge in [0.05, 0.1) is 70.3 Å². The quantitative estimate of drug-likeness (QED) is 0.0766. The molecule has 11 heteroatoms. The van der Waals surface area contributed by atoms with Crippen LogP contribution in [0.1, 0.15) is 61.8 Å². The maximum Gasteiger partial charge on any atom is 0.330 e. The van der Waals surface area contributed by atoms with Gasteiger partial charge in [0.2, 0.25) is 0 Å². The van der Waals surface area contributed by atoms with E-state index in [-0.39, 0.29) is 50.6 Å². The lowest BCUT2D eigenvalue weighted by atomic mass is 9.90. The first-order chi connectivity index (χ1) is 19.5. The third-order valence-electron chi connectivity index (χ3n) is 5.39. The smallest absolute Gasteiger partial charge is 0.330 e. The van der Waals surface area contributed by atoms with Crippen LogP contribution in [0.3, 0.4) is 0 Å². The number of methoxy groups -OCH3 is 6. The molecule has 0 aliphatic rings. The molecule has 0 unspecified atom stereocenters. The highest BCUT2D eigenvalue weighted by molar-refractivity contribution is 5.86. The molecule has 0 saturated carbocycles. The minimum Gasteiger partial charge on any atom is -0.463 e. The molecule has 0 aliphatic carbocycles. The van der Waals surface area contributed by atoms with Crippen LogP contribution in [0, 0.1) is 10.8 Å². The summed E-state index contributed by atoms with van der Waals surface area (Å²) in [5.41, 5.74) is -0.700. The van der Waals surface area contributed by atoms with Crippen LogP contribution in [0.25, 0.3) is 0 Å². The lowest BCUT2D eigenvalue weighted by molar-refractivity contribution is -0.137. The van der Waals surface area contributed by atoms with E-state index in [1.807, 2.05) is 0 Å². The summed E-state index contributed by atoms with van der Waals surface area (Å²) in [5.74, 6) is -0.153. The second kappa shape index (κ2) is 37.2. The van der Waals surface area contributed by atoms with E-state index in [1.54, 1.807) is 49.6 Å². The number of ketones is 2. The normalized spacial score (nSPS) is 10.2. The number of allylic oxidation sites excluding steroid dienone is 1. The highest BCUT2D eigenvalue weighted by Crippen LogP contribution is 2.24. The SMILES string of the molecule is C.C.C.C=CC(=O)OCCCCCC(C)=O.C=CC(C)=O.COCC(COC)(COC)COCC(COC)(COC)COC.